The number of hydrogen-bond donors (Lipinski definition) is 0. The molecule has 0 amide bonds. The van der Waals surface area contributed by atoms with E-state index in [9.17, 15) is 0 Å². The summed E-state index contributed by atoms with van der Waals surface area (Å²) in [5.41, 5.74) is 7.40. The molecule has 0 aliphatic rings. The van der Waals surface area contributed by atoms with Crippen molar-refractivity contribution in [3.8, 4) is 33.4 Å². The van der Waals surface area contributed by atoms with Gasteiger partial charge in [-0.3, -0.25) is 0 Å². The SMILES string of the molecule is c1ccc2c(c1)sc1ccc(-c3ccc(-c4ccc(-c5ccc6c(c5)c5ccccc5c5c7ccccc7c7ccccc7c65)cc4)cc3)cc12. The van der Waals surface area contributed by atoms with Gasteiger partial charge >= 0.3 is 0 Å². The van der Waals surface area contributed by atoms with E-state index in [4.69, 9.17) is 0 Å². The van der Waals surface area contributed by atoms with E-state index in [2.05, 4.69) is 182 Å². The fraction of sp³-hybridized carbons (Fsp3) is 0. The number of benzene rings is 10. The molecule has 236 valence electrons. The highest BCUT2D eigenvalue weighted by atomic mass is 32.1. The third-order valence-corrected chi connectivity index (χ3v) is 12.0. The minimum absolute atomic E-state index is 1.22. The van der Waals surface area contributed by atoms with Crippen molar-refractivity contribution >= 4 is 85.4 Å². The Balaban J connectivity index is 0.990. The van der Waals surface area contributed by atoms with Crippen molar-refractivity contribution in [2.24, 2.45) is 0 Å². The van der Waals surface area contributed by atoms with Crippen LogP contribution in [0.3, 0.4) is 0 Å². The van der Waals surface area contributed by atoms with E-state index in [1.54, 1.807) is 0 Å². The first-order valence-electron chi connectivity index (χ1n) is 17.6. The van der Waals surface area contributed by atoms with Crippen molar-refractivity contribution in [3.05, 3.63) is 182 Å². The van der Waals surface area contributed by atoms with Gasteiger partial charge in [0.05, 0.1) is 0 Å². The van der Waals surface area contributed by atoms with Crippen LogP contribution in [0.2, 0.25) is 0 Å². The molecule has 10 aromatic carbocycles. The summed E-state index contributed by atoms with van der Waals surface area (Å²) < 4.78 is 2.68. The van der Waals surface area contributed by atoms with Gasteiger partial charge in [0.2, 0.25) is 0 Å². The highest BCUT2D eigenvalue weighted by molar-refractivity contribution is 7.25. The number of fused-ring (bicyclic) bond motifs is 14. The number of thiophene rings is 1. The van der Waals surface area contributed by atoms with Crippen LogP contribution in [0.25, 0.3) is 107 Å². The summed E-state index contributed by atoms with van der Waals surface area (Å²) in [6.45, 7) is 0. The first kappa shape index (κ1) is 28.5. The van der Waals surface area contributed by atoms with Crippen molar-refractivity contribution in [2.45, 2.75) is 0 Å². The minimum Gasteiger partial charge on any atom is -0.135 e. The topological polar surface area (TPSA) is 0 Å². The van der Waals surface area contributed by atoms with Gasteiger partial charge in [0.15, 0.2) is 0 Å². The lowest BCUT2D eigenvalue weighted by Crippen LogP contribution is -1.89. The number of rotatable bonds is 3. The highest BCUT2D eigenvalue weighted by Gasteiger charge is 2.16. The standard InChI is InChI=1S/C50H30S/c1-4-13-41-37(9-1)38-10-2-5-14-42(38)50-44-27-25-35(29-45(44)39-11-3-6-15-43(39)49(41)50)33-21-17-31(18-22-33)32-19-23-34(24-20-32)36-26-28-48-46(30-36)40-12-7-8-16-47(40)51-48/h1-30H. The normalized spacial score (nSPS) is 11.9. The van der Waals surface area contributed by atoms with E-state index in [-0.39, 0.29) is 0 Å². The summed E-state index contributed by atoms with van der Waals surface area (Å²) in [5, 5.41) is 15.8. The molecule has 1 heteroatoms. The molecule has 0 saturated heterocycles. The molecule has 0 nitrogen and oxygen atoms in total. The lowest BCUT2D eigenvalue weighted by Gasteiger charge is -2.17. The molecule has 51 heavy (non-hydrogen) atoms. The zero-order valence-electron chi connectivity index (χ0n) is 27.7. The lowest BCUT2D eigenvalue weighted by molar-refractivity contribution is 1.59. The van der Waals surface area contributed by atoms with Gasteiger partial charge in [0.25, 0.3) is 0 Å². The molecule has 0 aliphatic heterocycles. The molecule has 0 atom stereocenters. The quantitative estimate of drug-likeness (QED) is 0.165. The van der Waals surface area contributed by atoms with Gasteiger partial charge < -0.3 is 0 Å². The molecule has 0 N–H and O–H groups in total. The molecular weight excluding hydrogens is 633 g/mol. The lowest BCUT2D eigenvalue weighted by atomic mass is 9.86. The highest BCUT2D eigenvalue weighted by Crippen LogP contribution is 2.45. The predicted octanol–water partition coefficient (Wildman–Crippen LogP) is 14.8. The van der Waals surface area contributed by atoms with Gasteiger partial charge in [-0.25, -0.2) is 0 Å². The second kappa shape index (κ2) is 11.1. The second-order valence-electron chi connectivity index (χ2n) is 13.6. The Kier molecular flexibility index (Phi) is 6.22. The van der Waals surface area contributed by atoms with Crippen LogP contribution in [0.1, 0.15) is 0 Å². The van der Waals surface area contributed by atoms with Crippen LogP contribution in [0, 0.1) is 0 Å². The van der Waals surface area contributed by atoms with Crippen molar-refractivity contribution in [3.63, 3.8) is 0 Å². The molecule has 11 rings (SSSR count). The largest absolute Gasteiger partial charge is 0.135 e. The first-order chi connectivity index (χ1) is 25.3. The molecule has 0 saturated carbocycles. The summed E-state index contributed by atoms with van der Waals surface area (Å²) in [6.07, 6.45) is 0. The molecule has 11 aromatic rings. The Morgan fingerprint density at radius 1 is 0.216 bits per heavy atom. The van der Waals surface area contributed by atoms with Crippen LogP contribution in [-0.4, -0.2) is 0 Å². The summed E-state index contributed by atoms with van der Waals surface area (Å²) in [4.78, 5) is 0. The average molecular weight is 663 g/mol. The van der Waals surface area contributed by atoms with Gasteiger partial charge in [0.1, 0.15) is 0 Å². The average Bonchev–Trinajstić information content (AvgIpc) is 3.59. The summed E-state index contributed by atoms with van der Waals surface area (Å²) in [5.74, 6) is 0. The van der Waals surface area contributed by atoms with E-state index < -0.39 is 0 Å². The maximum Gasteiger partial charge on any atom is 0.0355 e. The summed E-state index contributed by atoms with van der Waals surface area (Å²) in [6, 6.07) is 67.4. The van der Waals surface area contributed by atoms with Crippen LogP contribution in [0.15, 0.2) is 182 Å². The molecule has 1 heterocycles. The molecule has 0 unspecified atom stereocenters. The third kappa shape index (κ3) is 4.39. The van der Waals surface area contributed by atoms with Gasteiger partial charge in [0, 0.05) is 20.2 Å². The van der Waals surface area contributed by atoms with Crippen LogP contribution in [0.5, 0.6) is 0 Å². The maximum absolute atomic E-state index is 2.40. The van der Waals surface area contributed by atoms with Crippen molar-refractivity contribution < 1.29 is 0 Å². The second-order valence-corrected chi connectivity index (χ2v) is 14.7. The van der Waals surface area contributed by atoms with E-state index in [0.717, 1.165) is 0 Å². The van der Waals surface area contributed by atoms with Gasteiger partial charge in [-0.05, 0) is 112 Å². The molecule has 0 aliphatic carbocycles. The Morgan fingerprint density at radius 2 is 0.549 bits per heavy atom. The van der Waals surface area contributed by atoms with Gasteiger partial charge in [-0.15, -0.1) is 11.3 Å². The van der Waals surface area contributed by atoms with Crippen LogP contribution < -0.4 is 0 Å². The Hall–Kier alpha value is -6.28. The maximum atomic E-state index is 2.40. The van der Waals surface area contributed by atoms with Crippen molar-refractivity contribution in [1.29, 1.82) is 0 Å². The van der Waals surface area contributed by atoms with Crippen molar-refractivity contribution in [2.75, 3.05) is 0 Å². The van der Waals surface area contributed by atoms with Crippen LogP contribution in [0.4, 0.5) is 0 Å². The Labute approximate surface area is 299 Å². The molecular formula is C50H30S. The molecule has 0 fully saturated rings. The fourth-order valence-electron chi connectivity index (χ4n) is 8.42. The predicted molar refractivity (Wildman–Crippen MR) is 223 cm³/mol. The molecule has 0 bridgehead atoms. The monoisotopic (exact) mass is 662 g/mol. The molecule has 1 aromatic heterocycles. The fourth-order valence-corrected chi connectivity index (χ4v) is 9.50. The Bertz CT molecular complexity index is 3160. The zero-order chi connectivity index (χ0) is 33.5. The van der Waals surface area contributed by atoms with Crippen LogP contribution >= 0.6 is 11.3 Å². The van der Waals surface area contributed by atoms with E-state index in [1.165, 1.54) is 107 Å². The van der Waals surface area contributed by atoms with E-state index in [1.807, 2.05) is 11.3 Å². The smallest absolute Gasteiger partial charge is 0.0355 e. The van der Waals surface area contributed by atoms with Crippen molar-refractivity contribution in [1.82, 2.24) is 0 Å². The van der Waals surface area contributed by atoms with E-state index >= 15 is 0 Å². The van der Waals surface area contributed by atoms with E-state index in [0.29, 0.717) is 0 Å². The minimum atomic E-state index is 1.22. The van der Waals surface area contributed by atoms with Gasteiger partial charge in [-0.1, -0.05) is 158 Å². The first-order valence-corrected chi connectivity index (χ1v) is 18.4. The van der Waals surface area contributed by atoms with Gasteiger partial charge in [-0.2, -0.15) is 0 Å². The summed E-state index contributed by atoms with van der Waals surface area (Å²) >= 11 is 1.87. The molecule has 0 spiro atoms. The Morgan fingerprint density at radius 3 is 1.08 bits per heavy atom. The zero-order valence-corrected chi connectivity index (χ0v) is 28.5. The number of hydrogen-bond acceptors (Lipinski definition) is 1. The summed E-state index contributed by atoms with van der Waals surface area (Å²) in [7, 11) is 0. The van der Waals surface area contributed by atoms with Crippen LogP contribution in [-0.2, 0) is 0 Å². The molecule has 0 radical (unpaired) electrons. The third-order valence-electron chi connectivity index (χ3n) is 10.9.